The molecule has 1 atom stereocenters. The maximum atomic E-state index is 13.5. The van der Waals surface area contributed by atoms with Gasteiger partial charge >= 0.3 is 12.5 Å². The second kappa shape index (κ2) is 9.89. The summed E-state index contributed by atoms with van der Waals surface area (Å²) in [7, 11) is 0. The molecule has 3 amide bonds. The minimum Gasteiger partial charge on any atom is -0.484 e. The number of benzene rings is 3. The van der Waals surface area contributed by atoms with Gasteiger partial charge in [0.2, 0.25) is 5.91 Å². The molecule has 0 aliphatic carbocycles. The molecule has 3 aromatic carbocycles. The molecule has 3 aliphatic heterocycles. The number of amides is 3. The van der Waals surface area contributed by atoms with E-state index in [0.29, 0.717) is 5.56 Å². The molecule has 42 heavy (non-hydrogen) atoms. The molecule has 1 N–H and O–H groups in total. The van der Waals surface area contributed by atoms with E-state index >= 15 is 0 Å². The number of alkyl halides is 5. The van der Waals surface area contributed by atoms with Gasteiger partial charge < -0.3 is 29.3 Å². The number of nitrogens with one attached hydrogen (secondary N) is 1. The Hall–Kier alpha value is -4.88. The van der Waals surface area contributed by atoms with Crippen molar-refractivity contribution in [3.63, 3.8) is 0 Å². The molecular weight excluding hydrogens is 569 g/mol. The van der Waals surface area contributed by atoms with Crippen molar-refractivity contribution in [1.29, 1.82) is 0 Å². The van der Waals surface area contributed by atoms with Crippen LogP contribution in [0.1, 0.15) is 15.9 Å². The molecule has 1 fully saturated rings. The van der Waals surface area contributed by atoms with E-state index in [9.17, 15) is 36.3 Å². The Bertz CT molecular complexity index is 1610. The van der Waals surface area contributed by atoms with Crippen LogP contribution in [-0.4, -0.2) is 66.1 Å². The lowest BCUT2D eigenvalue weighted by Crippen LogP contribution is -2.60. The number of hydrogen-bond acceptors (Lipinski definition) is 6. The van der Waals surface area contributed by atoms with Crippen molar-refractivity contribution < 1.29 is 50.5 Å². The van der Waals surface area contributed by atoms with E-state index in [4.69, 9.17) is 4.74 Å². The highest BCUT2D eigenvalue weighted by molar-refractivity contribution is 6.10. The summed E-state index contributed by atoms with van der Waals surface area (Å²) >= 11 is 0. The normalized spacial score (nSPS) is 19.0. The number of halogens is 5. The summed E-state index contributed by atoms with van der Waals surface area (Å²) in [6.45, 7) is -0.525. The first-order valence-electron chi connectivity index (χ1n) is 12.6. The van der Waals surface area contributed by atoms with E-state index in [0.717, 1.165) is 18.2 Å². The fourth-order valence-corrected chi connectivity index (χ4v) is 4.99. The van der Waals surface area contributed by atoms with Crippen molar-refractivity contribution in [3.8, 4) is 28.4 Å². The summed E-state index contributed by atoms with van der Waals surface area (Å²) in [6.07, 6.45) is -8.34. The zero-order chi connectivity index (χ0) is 29.8. The number of carbonyl (C=O) groups excluding carboxylic acids is 3. The molecular formula is C28H20F5N3O6. The predicted octanol–water partition coefficient (Wildman–Crippen LogP) is 4.38. The largest absolute Gasteiger partial charge is 0.586 e. The van der Waals surface area contributed by atoms with Crippen molar-refractivity contribution in [2.75, 3.05) is 31.6 Å². The first-order chi connectivity index (χ1) is 19.9. The molecule has 3 heterocycles. The summed E-state index contributed by atoms with van der Waals surface area (Å²) < 4.78 is 80.3. The topological polar surface area (TPSA) is 97.4 Å². The van der Waals surface area contributed by atoms with Gasteiger partial charge in [-0.3, -0.25) is 14.4 Å². The second-order valence-corrected chi connectivity index (χ2v) is 9.75. The minimum atomic E-state index is -4.54. The molecule has 1 unspecified atom stereocenters. The molecule has 9 nitrogen and oxygen atoms in total. The van der Waals surface area contributed by atoms with E-state index in [1.54, 1.807) is 0 Å². The van der Waals surface area contributed by atoms with Gasteiger partial charge in [0.1, 0.15) is 11.8 Å². The van der Waals surface area contributed by atoms with Crippen molar-refractivity contribution in [1.82, 2.24) is 9.80 Å². The van der Waals surface area contributed by atoms with E-state index in [-0.39, 0.29) is 53.7 Å². The number of nitrogens with zero attached hydrogens (tertiary/aromatic N) is 2. The molecule has 218 valence electrons. The van der Waals surface area contributed by atoms with Crippen LogP contribution in [0.2, 0.25) is 0 Å². The third-order valence-electron chi connectivity index (χ3n) is 7.06. The highest BCUT2D eigenvalue weighted by Crippen LogP contribution is 2.42. The number of hydrogen-bond donors (Lipinski definition) is 1. The van der Waals surface area contributed by atoms with E-state index in [1.165, 1.54) is 52.3 Å². The summed E-state index contributed by atoms with van der Waals surface area (Å²) in [5.41, 5.74) is 0.0830. The van der Waals surface area contributed by atoms with E-state index < -0.39 is 48.4 Å². The van der Waals surface area contributed by atoms with Crippen LogP contribution in [0.15, 0.2) is 60.7 Å². The first kappa shape index (κ1) is 27.3. The van der Waals surface area contributed by atoms with Gasteiger partial charge in [0.25, 0.3) is 11.8 Å². The van der Waals surface area contributed by atoms with E-state index in [2.05, 4.69) is 14.8 Å². The monoisotopic (exact) mass is 589 g/mol. The number of anilines is 1. The van der Waals surface area contributed by atoms with Gasteiger partial charge in [-0.15, -0.1) is 8.78 Å². The van der Waals surface area contributed by atoms with Gasteiger partial charge in [-0.2, -0.15) is 13.2 Å². The number of rotatable bonds is 4. The average Bonchev–Trinajstić information content (AvgIpc) is 3.22. The van der Waals surface area contributed by atoms with Crippen LogP contribution in [0.25, 0.3) is 11.1 Å². The Morgan fingerprint density at radius 2 is 1.74 bits per heavy atom. The Balaban J connectivity index is 1.15. The molecule has 6 rings (SSSR count). The minimum absolute atomic E-state index is 0.00892. The molecule has 0 saturated carbocycles. The van der Waals surface area contributed by atoms with Gasteiger partial charge in [-0.25, -0.2) is 0 Å². The Labute approximate surface area is 234 Å². The SMILES string of the molecule is O=C1Nc2ccc(-c3cccc(C(F)(F)F)c3)cc2C(=O)N2CCN(C(=O)COc3ccc4c(c3)OC(F)(F)O4)CC12. The van der Waals surface area contributed by atoms with Gasteiger partial charge in [-0.1, -0.05) is 18.2 Å². The Morgan fingerprint density at radius 3 is 2.52 bits per heavy atom. The van der Waals surface area contributed by atoms with Crippen LogP contribution in [-0.2, 0) is 15.8 Å². The summed E-state index contributed by atoms with van der Waals surface area (Å²) in [4.78, 5) is 42.1. The quantitative estimate of drug-likeness (QED) is 0.454. The standard InChI is InChI=1S/C28H20F5N3O6/c29-27(30,31)17-3-1-2-15(10-17)16-4-6-20-19(11-16)26(39)36-9-8-35(13-21(36)25(38)34-20)24(37)14-40-18-5-7-22-23(12-18)42-28(32,33)41-22/h1-7,10-12,21H,8-9,13-14H2,(H,34,38). The maximum Gasteiger partial charge on any atom is 0.586 e. The maximum absolute atomic E-state index is 13.5. The van der Waals surface area contributed by atoms with E-state index in [1.807, 2.05) is 0 Å². The van der Waals surface area contributed by atoms with Crippen LogP contribution >= 0.6 is 0 Å². The fourth-order valence-electron chi connectivity index (χ4n) is 4.99. The lowest BCUT2D eigenvalue weighted by Gasteiger charge is -2.39. The number of carbonyl (C=O) groups is 3. The second-order valence-electron chi connectivity index (χ2n) is 9.75. The zero-order valence-corrected chi connectivity index (χ0v) is 21.4. The molecule has 0 bridgehead atoms. The molecule has 0 aromatic heterocycles. The zero-order valence-electron chi connectivity index (χ0n) is 21.4. The van der Waals surface area contributed by atoms with Crippen LogP contribution < -0.4 is 19.5 Å². The van der Waals surface area contributed by atoms with Crippen molar-refractivity contribution in [3.05, 3.63) is 71.8 Å². The molecule has 1 saturated heterocycles. The smallest absolute Gasteiger partial charge is 0.484 e. The third kappa shape index (κ3) is 5.15. The van der Waals surface area contributed by atoms with Gasteiger partial charge in [0, 0.05) is 19.2 Å². The molecule has 0 radical (unpaired) electrons. The van der Waals surface area contributed by atoms with Gasteiger partial charge in [-0.05, 0) is 47.5 Å². The highest BCUT2D eigenvalue weighted by Gasteiger charge is 2.44. The predicted molar refractivity (Wildman–Crippen MR) is 135 cm³/mol. The lowest BCUT2D eigenvalue weighted by atomic mass is 9.99. The number of ether oxygens (including phenoxy) is 3. The average molecular weight is 589 g/mol. The summed E-state index contributed by atoms with van der Waals surface area (Å²) in [5.74, 6) is -1.90. The summed E-state index contributed by atoms with van der Waals surface area (Å²) in [5, 5.41) is 2.68. The third-order valence-corrected chi connectivity index (χ3v) is 7.06. The first-order valence-corrected chi connectivity index (χ1v) is 12.6. The molecule has 14 heteroatoms. The van der Waals surface area contributed by atoms with Crippen LogP contribution in [0.4, 0.5) is 27.6 Å². The molecule has 0 spiro atoms. The van der Waals surface area contributed by atoms with Crippen molar-refractivity contribution in [2.24, 2.45) is 0 Å². The fraction of sp³-hybridized carbons (Fsp3) is 0.250. The molecule has 3 aliphatic rings. The van der Waals surface area contributed by atoms with Crippen LogP contribution in [0.5, 0.6) is 17.2 Å². The van der Waals surface area contributed by atoms with Gasteiger partial charge in [0.15, 0.2) is 18.1 Å². The van der Waals surface area contributed by atoms with Crippen molar-refractivity contribution in [2.45, 2.75) is 18.5 Å². The summed E-state index contributed by atoms with van der Waals surface area (Å²) in [6, 6.07) is 11.8. The lowest BCUT2D eigenvalue weighted by molar-refractivity contribution is -0.286. The van der Waals surface area contributed by atoms with Crippen LogP contribution in [0.3, 0.4) is 0 Å². The van der Waals surface area contributed by atoms with Crippen molar-refractivity contribution >= 4 is 23.4 Å². The Morgan fingerprint density at radius 1 is 0.976 bits per heavy atom. The number of fused-ring (bicyclic) bond motifs is 3. The highest BCUT2D eigenvalue weighted by atomic mass is 19.4. The van der Waals surface area contributed by atoms with Crippen LogP contribution in [0, 0.1) is 0 Å². The molecule has 3 aromatic rings. The number of piperazine rings is 1. The Kier molecular flexibility index (Phi) is 6.43. The van der Waals surface area contributed by atoms with Gasteiger partial charge in [0.05, 0.1) is 23.4 Å².